The number of piperidine rings is 1. The lowest BCUT2D eigenvalue weighted by Gasteiger charge is -2.32. The summed E-state index contributed by atoms with van der Waals surface area (Å²) in [5.74, 6) is -0.272. The summed E-state index contributed by atoms with van der Waals surface area (Å²) in [6.07, 6.45) is 4.72. The van der Waals surface area contributed by atoms with E-state index in [0.717, 1.165) is 12.8 Å². The number of rotatable bonds is 4. The molecule has 0 unspecified atom stereocenters. The number of hydrogen-bond acceptors (Lipinski definition) is 5. The number of nitrogens with zero attached hydrogens (tertiary/aromatic N) is 4. The molecule has 1 aromatic heterocycles. The highest BCUT2D eigenvalue weighted by molar-refractivity contribution is 6.33. The average molecular weight is 374 g/mol. The third kappa shape index (κ3) is 3.92. The Balaban J connectivity index is 1.55. The lowest BCUT2D eigenvalue weighted by atomic mass is 9.96. The van der Waals surface area contributed by atoms with E-state index in [1.165, 1.54) is 24.4 Å². The van der Waals surface area contributed by atoms with Gasteiger partial charge in [0.15, 0.2) is 11.5 Å². The van der Waals surface area contributed by atoms with E-state index in [1.54, 1.807) is 6.20 Å². The first-order valence-corrected chi connectivity index (χ1v) is 8.66. The highest BCUT2D eigenvalue weighted by Gasteiger charge is 2.23. The van der Waals surface area contributed by atoms with Crippen molar-refractivity contribution >= 4 is 23.3 Å². The van der Waals surface area contributed by atoms with Gasteiger partial charge in [-0.05, 0) is 30.9 Å². The molecular weight excluding hydrogens is 357 g/mol. The zero-order valence-corrected chi connectivity index (χ0v) is 14.7. The molecule has 1 aliphatic rings. The van der Waals surface area contributed by atoms with Crippen molar-refractivity contribution in [1.29, 1.82) is 5.26 Å². The van der Waals surface area contributed by atoms with Gasteiger partial charge in [-0.25, -0.2) is 14.4 Å². The summed E-state index contributed by atoms with van der Waals surface area (Å²) in [5, 5.41) is 12.0. The molecule has 1 aliphatic heterocycles. The maximum absolute atomic E-state index is 13.8. The van der Waals surface area contributed by atoms with Gasteiger partial charge in [0.05, 0.1) is 10.6 Å². The molecule has 134 valence electrons. The van der Waals surface area contributed by atoms with Crippen molar-refractivity contribution in [2.75, 3.05) is 24.5 Å². The molecule has 1 saturated heterocycles. The Kier molecular flexibility index (Phi) is 5.64. The molecular formula is C18H17ClFN5O. The van der Waals surface area contributed by atoms with E-state index in [-0.39, 0.29) is 16.5 Å². The third-order valence-corrected chi connectivity index (χ3v) is 4.75. The predicted molar refractivity (Wildman–Crippen MR) is 95.4 cm³/mol. The van der Waals surface area contributed by atoms with Gasteiger partial charge >= 0.3 is 0 Å². The second-order valence-corrected chi connectivity index (χ2v) is 6.48. The van der Waals surface area contributed by atoms with Gasteiger partial charge in [0.1, 0.15) is 11.9 Å². The van der Waals surface area contributed by atoms with E-state index in [4.69, 9.17) is 16.9 Å². The Morgan fingerprint density at radius 1 is 1.35 bits per heavy atom. The molecule has 6 nitrogen and oxygen atoms in total. The molecule has 1 amide bonds. The quantitative estimate of drug-likeness (QED) is 0.891. The van der Waals surface area contributed by atoms with Crippen molar-refractivity contribution in [3.63, 3.8) is 0 Å². The fourth-order valence-corrected chi connectivity index (χ4v) is 3.28. The van der Waals surface area contributed by atoms with Gasteiger partial charge in [0.2, 0.25) is 0 Å². The fraction of sp³-hybridized carbons (Fsp3) is 0.333. The molecule has 0 saturated carbocycles. The molecule has 2 heterocycles. The number of benzene rings is 1. The van der Waals surface area contributed by atoms with Gasteiger partial charge in [-0.3, -0.25) is 4.79 Å². The van der Waals surface area contributed by atoms with Crippen LogP contribution in [0.5, 0.6) is 0 Å². The molecule has 26 heavy (non-hydrogen) atoms. The van der Waals surface area contributed by atoms with Crippen LogP contribution < -0.4 is 10.2 Å². The van der Waals surface area contributed by atoms with Crippen LogP contribution in [0.25, 0.3) is 0 Å². The molecule has 8 heteroatoms. The number of amides is 1. The van der Waals surface area contributed by atoms with Crippen LogP contribution in [-0.2, 0) is 0 Å². The number of anilines is 1. The van der Waals surface area contributed by atoms with Crippen molar-refractivity contribution in [2.45, 2.75) is 12.8 Å². The topological polar surface area (TPSA) is 81.9 Å². The Morgan fingerprint density at radius 2 is 2.08 bits per heavy atom. The van der Waals surface area contributed by atoms with Gasteiger partial charge in [-0.1, -0.05) is 17.7 Å². The van der Waals surface area contributed by atoms with E-state index in [1.807, 2.05) is 4.90 Å². The summed E-state index contributed by atoms with van der Waals surface area (Å²) in [6.45, 7) is 1.88. The van der Waals surface area contributed by atoms with Crippen molar-refractivity contribution in [3.8, 4) is 6.07 Å². The third-order valence-electron chi connectivity index (χ3n) is 4.44. The summed E-state index contributed by atoms with van der Waals surface area (Å²) >= 11 is 5.91. The van der Waals surface area contributed by atoms with Gasteiger partial charge in [-0.2, -0.15) is 5.26 Å². The van der Waals surface area contributed by atoms with E-state index in [0.29, 0.717) is 31.1 Å². The van der Waals surface area contributed by atoms with Crippen LogP contribution >= 0.6 is 11.6 Å². The lowest BCUT2D eigenvalue weighted by molar-refractivity contribution is 0.0941. The lowest BCUT2D eigenvalue weighted by Crippen LogP contribution is -2.39. The number of aromatic nitrogens is 2. The standard InChI is InChI=1S/C18H17ClFN5O/c19-13-2-1-3-14(20)16(13)18(26)24-11-12-4-8-25(9-5-12)17-15(10-21)22-6-7-23-17/h1-3,6-7,12H,4-5,8-9,11H2,(H,24,26). The Bertz CT molecular complexity index is 825. The number of nitriles is 1. The predicted octanol–water partition coefficient (Wildman–Crippen LogP) is 2.79. The minimum Gasteiger partial charge on any atom is -0.354 e. The van der Waals surface area contributed by atoms with Crippen molar-refractivity contribution in [3.05, 3.63) is 52.7 Å². The summed E-state index contributed by atoms with van der Waals surface area (Å²) in [7, 11) is 0. The van der Waals surface area contributed by atoms with Crippen LogP contribution in [0.1, 0.15) is 28.9 Å². The summed E-state index contributed by atoms with van der Waals surface area (Å²) < 4.78 is 13.8. The zero-order chi connectivity index (χ0) is 18.5. The maximum Gasteiger partial charge on any atom is 0.255 e. The highest BCUT2D eigenvalue weighted by atomic mass is 35.5. The number of halogens is 2. The summed E-state index contributed by atoms with van der Waals surface area (Å²) in [4.78, 5) is 22.5. The van der Waals surface area contributed by atoms with E-state index in [9.17, 15) is 9.18 Å². The van der Waals surface area contributed by atoms with Crippen LogP contribution in [0, 0.1) is 23.1 Å². The molecule has 1 fully saturated rings. The largest absolute Gasteiger partial charge is 0.354 e. The van der Waals surface area contributed by atoms with Gasteiger partial charge in [0, 0.05) is 32.0 Å². The Hall–Kier alpha value is -2.72. The molecule has 0 atom stereocenters. The first kappa shape index (κ1) is 18.1. The zero-order valence-electron chi connectivity index (χ0n) is 14.0. The molecule has 3 rings (SSSR count). The Labute approximate surface area is 155 Å². The number of carbonyl (C=O) groups is 1. The van der Waals surface area contributed by atoms with Crippen molar-refractivity contribution < 1.29 is 9.18 Å². The van der Waals surface area contributed by atoms with Crippen molar-refractivity contribution in [1.82, 2.24) is 15.3 Å². The van der Waals surface area contributed by atoms with Gasteiger partial charge < -0.3 is 10.2 Å². The molecule has 1 aromatic carbocycles. The minimum absolute atomic E-state index is 0.101. The van der Waals surface area contributed by atoms with E-state index >= 15 is 0 Å². The molecule has 0 spiro atoms. The van der Waals surface area contributed by atoms with Crippen LogP contribution in [-0.4, -0.2) is 35.5 Å². The van der Waals surface area contributed by atoms with Gasteiger partial charge in [0.25, 0.3) is 5.91 Å². The SMILES string of the molecule is N#Cc1nccnc1N1CCC(CNC(=O)c2c(F)cccc2Cl)CC1. The molecule has 0 radical (unpaired) electrons. The summed E-state index contributed by atoms with van der Waals surface area (Å²) in [5.41, 5.74) is 0.193. The second kappa shape index (κ2) is 8.11. The number of carbonyl (C=O) groups excluding carboxylic acids is 1. The van der Waals surface area contributed by atoms with Crippen LogP contribution in [0.3, 0.4) is 0 Å². The van der Waals surface area contributed by atoms with Crippen molar-refractivity contribution in [2.24, 2.45) is 5.92 Å². The fourth-order valence-electron chi connectivity index (χ4n) is 3.03. The van der Waals surface area contributed by atoms with E-state index in [2.05, 4.69) is 21.4 Å². The molecule has 2 aromatic rings. The highest BCUT2D eigenvalue weighted by Crippen LogP contribution is 2.23. The molecule has 1 N–H and O–H groups in total. The monoisotopic (exact) mass is 373 g/mol. The minimum atomic E-state index is -0.628. The van der Waals surface area contributed by atoms with Crippen LogP contribution in [0.15, 0.2) is 30.6 Å². The smallest absolute Gasteiger partial charge is 0.255 e. The number of nitrogens with one attached hydrogen (secondary N) is 1. The first-order chi connectivity index (χ1) is 12.6. The average Bonchev–Trinajstić information content (AvgIpc) is 2.66. The second-order valence-electron chi connectivity index (χ2n) is 6.08. The maximum atomic E-state index is 13.8. The molecule has 0 bridgehead atoms. The van der Waals surface area contributed by atoms with Crippen LogP contribution in [0.2, 0.25) is 5.02 Å². The number of hydrogen-bond donors (Lipinski definition) is 1. The molecule has 0 aliphatic carbocycles. The first-order valence-electron chi connectivity index (χ1n) is 8.28. The summed E-state index contributed by atoms with van der Waals surface area (Å²) in [6, 6.07) is 6.22. The van der Waals surface area contributed by atoms with Gasteiger partial charge in [-0.15, -0.1) is 0 Å². The normalized spacial score (nSPS) is 14.7. The van der Waals surface area contributed by atoms with E-state index < -0.39 is 11.7 Å². The van der Waals surface area contributed by atoms with Crippen LogP contribution in [0.4, 0.5) is 10.2 Å². The Morgan fingerprint density at radius 3 is 2.77 bits per heavy atom.